The number of hydrogen-bond donors (Lipinski definition) is 4. The maximum absolute atomic E-state index is 9.92. The van der Waals surface area contributed by atoms with Crippen LogP contribution in [-0.4, -0.2) is 60.8 Å². The van der Waals surface area contributed by atoms with Crippen LogP contribution in [-0.2, 0) is 18.0 Å². The summed E-state index contributed by atoms with van der Waals surface area (Å²) in [4.78, 5) is 0. The Bertz CT molecular complexity index is 700. The number of aliphatic hydroxyl groups excluding tert-OH is 2. The van der Waals surface area contributed by atoms with Gasteiger partial charge in [-0.1, -0.05) is 52.0 Å². The lowest BCUT2D eigenvalue weighted by atomic mass is 10.2. The zero-order chi connectivity index (χ0) is 24.1. The molecule has 4 N–H and O–H groups in total. The van der Waals surface area contributed by atoms with Crippen molar-refractivity contribution in [3.63, 3.8) is 0 Å². The second kappa shape index (κ2) is 14.9. The van der Waals surface area contributed by atoms with Gasteiger partial charge in [0.05, 0.1) is 13.2 Å². The van der Waals surface area contributed by atoms with Gasteiger partial charge in [-0.25, -0.2) is 0 Å². The van der Waals surface area contributed by atoms with Gasteiger partial charge in [-0.2, -0.15) is 0 Å². The molecule has 0 bridgehead atoms. The van der Waals surface area contributed by atoms with E-state index in [-0.39, 0.29) is 13.2 Å². The van der Waals surface area contributed by atoms with Gasteiger partial charge in [-0.3, -0.25) is 0 Å². The standard InChI is InChI=1S/C26H40N2O5/c1-19(2)27-13-23(29)17-32-25-9-5-21(6-10-25)15-31-16-22-7-11-26(12-8-22)33-18-24(30)14-28-20(3)4/h5-12,19-20,23-24,27-30H,13-18H2,1-4H3. The molecule has 2 aromatic carbocycles. The Balaban J connectivity index is 1.65. The van der Waals surface area contributed by atoms with Crippen LogP contribution in [0.15, 0.2) is 48.5 Å². The van der Waals surface area contributed by atoms with Crippen molar-refractivity contribution in [2.75, 3.05) is 26.3 Å². The molecule has 0 aliphatic carbocycles. The lowest BCUT2D eigenvalue weighted by molar-refractivity contribution is 0.103. The van der Waals surface area contributed by atoms with Gasteiger partial charge in [0.1, 0.15) is 36.9 Å². The Morgan fingerprint density at radius 2 is 1.00 bits per heavy atom. The molecular formula is C26H40N2O5. The van der Waals surface area contributed by atoms with Crippen molar-refractivity contribution in [3.05, 3.63) is 59.7 Å². The summed E-state index contributed by atoms with van der Waals surface area (Å²) in [6, 6.07) is 16.1. The zero-order valence-corrected chi connectivity index (χ0v) is 20.3. The summed E-state index contributed by atoms with van der Waals surface area (Å²) < 4.78 is 17.1. The van der Waals surface area contributed by atoms with Crippen LogP contribution in [0.1, 0.15) is 38.8 Å². The van der Waals surface area contributed by atoms with E-state index in [4.69, 9.17) is 14.2 Å². The minimum absolute atomic E-state index is 0.253. The van der Waals surface area contributed by atoms with Crippen molar-refractivity contribution in [3.8, 4) is 11.5 Å². The minimum atomic E-state index is -0.542. The number of nitrogens with one attached hydrogen (secondary N) is 2. The fourth-order valence-corrected chi connectivity index (χ4v) is 2.90. The molecule has 0 aromatic heterocycles. The molecule has 0 aliphatic rings. The monoisotopic (exact) mass is 460 g/mol. The second-order valence-corrected chi connectivity index (χ2v) is 8.84. The van der Waals surface area contributed by atoms with E-state index in [9.17, 15) is 10.2 Å². The fourth-order valence-electron chi connectivity index (χ4n) is 2.90. The molecule has 0 saturated carbocycles. The van der Waals surface area contributed by atoms with Crippen molar-refractivity contribution >= 4 is 0 Å². The smallest absolute Gasteiger partial charge is 0.119 e. The maximum atomic E-state index is 9.92. The molecule has 2 atom stereocenters. The van der Waals surface area contributed by atoms with E-state index in [0.717, 1.165) is 22.6 Å². The van der Waals surface area contributed by atoms with Crippen LogP contribution in [0.4, 0.5) is 0 Å². The summed E-state index contributed by atoms with van der Waals surface area (Å²) >= 11 is 0. The van der Waals surface area contributed by atoms with Crippen molar-refractivity contribution in [2.24, 2.45) is 0 Å². The first-order chi connectivity index (χ1) is 15.8. The molecule has 2 unspecified atom stereocenters. The van der Waals surface area contributed by atoms with Crippen LogP contribution in [0.2, 0.25) is 0 Å². The predicted molar refractivity (Wildman–Crippen MR) is 131 cm³/mol. The first-order valence-electron chi connectivity index (χ1n) is 11.7. The summed E-state index contributed by atoms with van der Waals surface area (Å²) in [6.45, 7) is 10.7. The second-order valence-electron chi connectivity index (χ2n) is 8.84. The van der Waals surface area contributed by atoms with Gasteiger partial charge in [0.15, 0.2) is 0 Å². The summed E-state index contributed by atoms with van der Waals surface area (Å²) in [6.07, 6.45) is -1.08. The molecule has 0 heterocycles. The molecule has 7 nitrogen and oxygen atoms in total. The van der Waals surface area contributed by atoms with Gasteiger partial charge < -0.3 is 35.1 Å². The zero-order valence-electron chi connectivity index (χ0n) is 20.3. The highest BCUT2D eigenvalue weighted by Gasteiger charge is 2.07. The molecular weight excluding hydrogens is 420 g/mol. The maximum Gasteiger partial charge on any atom is 0.119 e. The first kappa shape index (κ1) is 27.1. The Morgan fingerprint density at radius 3 is 1.33 bits per heavy atom. The van der Waals surface area contributed by atoms with Crippen molar-refractivity contribution in [1.29, 1.82) is 0 Å². The van der Waals surface area contributed by atoms with Crippen LogP contribution in [0.3, 0.4) is 0 Å². The summed E-state index contributed by atoms with van der Waals surface area (Å²) in [5, 5.41) is 26.2. The van der Waals surface area contributed by atoms with Gasteiger partial charge in [0, 0.05) is 25.2 Å². The lowest BCUT2D eigenvalue weighted by Gasteiger charge is -2.15. The van der Waals surface area contributed by atoms with Gasteiger partial charge >= 0.3 is 0 Å². The highest BCUT2D eigenvalue weighted by molar-refractivity contribution is 5.28. The van der Waals surface area contributed by atoms with Crippen LogP contribution in [0.25, 0.3) is 0 Å². The Kier molecular flexibility index (Phi) is 12.2. The van der Waals surface area contributed by atoms with Gasteiger partial charge in [0.2, 0.25) is 0 Å². The van der Waals surface area contributed by atoms with Gasteiger partial charge in [-0.15, -0.1) is 0 Å². The molecule has 0 radical (unpaired) electrons. The number of hydrogen-bond acceptors (Lipinski definition) is 7. The fraction of sp³-hybridized carbons (Fsp3) is 0.538. The van der Waals surface area contributed by atoms with E-state index < -0.39 is 12.2 Å². The summed E-state index contributed by atoms with van der Waals surface area (Å²) in [5.74, 6) is 1.45. The molecule has 7 heteroatoms. The van der Waals surface area contributed by atoms with Crippen LogP contribution >= 0.6 is 0 Å². The van der Waals surface area contributed by atoms with Crippen LogP contribution in [0.5, 0.6) is 11.5 Å². The van der Waals surface area contributed by atoms with E-state index in [1.807, 2.05) is 76.2 Å². The third-order valence-corrected chi connectivity index (χ3v) is 4.79. The molecule has 0 amide bonds. The van der Waals surface area contributed by atoms with E-state index in [0.29, 0.717) is 38.4 Å². The lowest BCUT2D eigenvalue weighted by Crippen LogP contribution is -2.35. The first-order valence-corrected chi connectivity index (χ1v) is 11.7. The third-order valence-electron chi connectivity index (χ3n) is 4.79. The molecule has 33 heavy (non-hydrogen) atoms. The molecule has 2 aromatic rings. The van der Waals surface area contributed by atoms with E-state index in [1.54, 1.807) is 0 Å². The van der Waals surface area contributed by atoms with E-state index in [2.05, 4.69) is 10.6 Å². The molecule has 0 saturated heterocycles. The predicted octanol–water partition coefficient (Wildman–Crippen LogP) is 2.88. The highest BCUT2D eigenvalue weighted by Crippen LogP contribution is 2.16. The van der Waals surface area contributed by atoms with E-state index >= 15 is 0 Å². The Morgan fingerprint density at radius 1 is 0.636 bits per heavy atom. The van der Waals surface area contributed by atoms with Crippen molar-refractivity contribution in [1.82, 2.24) is 10.6 Å². The SMILES string of the molecule is CC(C)NCC(O)COc1ccc(COCc2ccc(OCC(O)CNC(C)C)cc2)cc1. The van der Waals surface area contributed by atoms with Crippen LogP contribution in [0, 0.1) is 0 Å². The van der Waals surface area contributed by atoms with Crippen molar-refractivity contribution < 1.29 is 24.4 Å². The van der Waals surface area contributed by atoms with Crippen molar-refractivity contribution in [2.45, 2.75) is 65.2 Å². The van der Waals surface area contributed by atoms with Gasteiger partial charge in [0.25, 0.3) is 0 Å². The Hall–Kier alpha value is -2.16. The normalized spacial score (nSPS) is 13.3. The van der Waals surface area contributed by atoms with Crippen LogP contribution < -0.4 is 20.1 Å². The number of rotatable bonds is 16. The number of benzene rings is 2. The largest absolute Gasteiger partial charge is 0.491 e. The molecule has 0 spiro atoms. The molecule has 0 aliphatic heterocycles. The minimum Gasteiger partial charge on any atom is -0.491 e. The number of aliphatic hydroxyl groups is 2. The highest BCUT2D eigenvalue weighted by atomic mass is 16.5. The number of ether oxygens (including phenoxy) is 3. The molecule has 2 rings (SSSR count). The van der Waals surface area contributed by atoms with Gasteiger partial charge in [-0.05, 0) is 35.4 Å². The third kappa shape index (κ3) is 12.0. The average Bonchev–Trinajstić information content (AvgIpc) is 2.80. The Labute approximate surface area is 198 Å². The quantitative estimate of drug-likeness (QED) is 0.306. The topological polar surface area (TPSA) is 92.2 Å². The molecule has 0 fully saturated rings. The van der Waals surface area contributed by atoms with E-state index in [1.165, 1.54) is 0 Å². The average molecular weight is 461 g/mol. The summed E-state index contributed by atoms with van der Waals surface area (Å²) in [7, 11) is 0. The summed E-state index contributed by atoms with van der Waals surface area (Å²) in [5.41, 5.74) is 2.10. The molecule has 184 valence electrons.